The van der Waals surface area contributed by atoms with Crippen molar-refractivity contribution in [2.45, 2.75) is 6.29 Å². The summed E-state index contributed by atoms with van der Waals surface area (Å²) in [5.41, 5.74) is 0. The molecule has 1 heterocycles. The summed E-state index contributed by atoms with van der Waals surface area (Å²) in [5.74, 6) is 0. The van der Waals surface area contributed by atoms with Crippen LogP contribution in [0.25, 0.3) is 0 Å². The minimum absolute atomic E-state index is 0.374. The van der Waals surface area contributed by atoms with Crippen LogP contribution in [-0.2, 0) is 33.2 Å². The van der Waals surface area contributed by atoms with Crippen molar-refractivity contribution in [2.24, 2.45) is 0 Å². The summed E-state index contributed by atoms with van der Waals surface area (Å²) in [7, 11) is 1.59. The Hall–Kier alpha value is -0.280. The predicted molar refractivity (Wildman–Crippen MR) is 70.8 cm³/mol. The Kier molecular flexibility index (Phi) is 12.2. The van der Waals surface area contributed by atoms with E-state index in [1.807, 2.05) is 0 Å². The van der Waals surface area contributed by atoms with E-state index in [-0.39, 0.29) is 6.29 Å². The molecule has 1 rings (SSSR count). The van der Waals surface area contributed by atoms with Crippen molar-refractivity contribution in [3.63, 3.8) is 0 Å². The van der Waals surface area contributed by atoms with Gasteiger partial charge in [-0.1, -0.05) is 0 Å². The van der Waals surface area contributed by atoms with Gasteiger partial charge in [-0.15, -0.1) is 0 Å². The standard InChI is InChI=1S/C13H26O7/c1-14-13-12-19-9-8-17-5-4-15-2-3-16-6-7-18-10-11-20-13/h13H,2-12H2,1H3. The maximum Gasteiger partial charge on any atom is 0.180 e. The highest BCUT2D eigenvalue weighted by molar-refractivity contribution is 4.43. The molecule has 1 atom stereocenters. The van der Waals surface area contributed by atoms with E-state index in [1.165, 1.54) is 0 Å². The molecule has 0 aromatic rings. The Morgan fingerprint density at radius 3 is 1.45 bits per heavy atom. The molecule has 0 spiro atoms. The van der Waals surface area contributed by atoms with Gasteiger partial charge in [-0.05, 0) is 0 Å². The van der Waals surface area contributed by atoms with Crippen LogP contribution in [0.4, 0.5) is 0 Å². The zero-order valence-corrected chi connectivity index (χ0v) is 12.2. The van der Waals surface area contributed by atoms with Crippen LogP contribution in [0.15, 0.2) is 0 Å². The molecule has 1 aliphatic heterocycles. The number of rotatable bonds is 1. The molecule has 20 heavy (non-hydrogen) atoms. The van der Waals surface area contributed by atoms with Gasteiger partial charge in [-0.25, -0.2) is 0 Å². The minimum Gasteiger partial charge on any atom is -0.377 e. The van der Waals surface area contributed by atoms with Gasteiger partial charge in [-0.3, -0.25) is 0 Å². The maximum atomic E-state index is 5.46. The van der Waals surface area contributed by atoms with Gasteiger partial charge in [0.1, 0.15) is 0 Å². The normalized spacial score (nSPS) is 26.6. The molecule has 0 saturated carbocycles. The van der Waals surface area contributed by atoms with E-state index < -0.39 is 0 Å². The van der Waals surface area contributed by atoms with Gasteiger partial charge >= 0.3 is 0 Å². The highest BCUT2D eigenvalue weighted by Crippen LogP contribution is 1.95. The van der Waals surface area contributed by atoms with Crippen LogP contribution < -0.4 is 0 Å². The first-order chi connectivity index (χ1) is 9.93. The first kappa shape index (κ1) is 17.8. The maximum absolute atomic E-state index is 5.46. The molecule has 0 N–H and O–H groups in total. The van der Waals surface area contributed by atoms with Crippen LogP contribution in [-0.4, -0.2) is 86.1 Å². The molecule has 7 heteroatoms. The first-order valence-corrected chi connectivity index (χ1v) is 6.96. The Balaban J connectivity index is 2.14. The number of ether oxygens (including phenoxy) is 7. The molecule has 0 aromatic carbocycles. The second-order valence-electron chi connectivity index (χ2n) is 4.06. The van der Waals surface area contributed by atoms with Gasteiger partial charge in [0.05, 0.1) is 72.7 Å². The van der Waals surface area contributed by atoms with Crippen molar-refractivity contribution >= 4 is 0 Å². The molecule has 120 valence electrons. The van der Waals surface area contributed by atoms with Gasteiger partial charge < -0.3 is 33.2 Å². The van der Waals surface area contributed by atoms with Crippen LogP contribution in [0.3, 0.4) is 0 Å². The smallest absolute Gasteiger partial charge is 0.180 e. The summed E-state index contributed by atoms with van der Waals surface area (Å²) in [5, 5.41) is 0. The van der Waals surface area contributed by atoms with E-state index in [9.17, 15) is 0 Å². The second-order valence-corrected chi connectivity index (χ2v) is 4.06. The average molecular weight is 294 g/mol. The largest absolute Gasteiger partial charge is 0.377 e. The fourth-order valence-electron chi connectivity index (χ4n) is 1.48. The van der Waals surface area contributed by atoms with E-state index in [2.05, 4.69) is 0 Å². The van der Waals surface area contributed by atoms with E-state index in [0.29, 0.717) is 72.7 Å². The van der Waals surface area contributed by atoms with Gasteiger partial charge in [0.15, 0.2) is 6.29 Å². The van der Waals surface area contributed by atoms with Crippen LogP contribution in [0.2, 0.25) is 0 Å². The van der Waals surface area contributed by atoms with Gasteiger partial charge in [0, 0.05) is 7.11 Å². The molecule has 0 aliphatic carbocycles. The first-order valence-electron chi connectivity index (χ1n) is 6.96. The highest BCUT2D eigenvalue weighted by Gasteiger charge is 2.07. The third-order valence-corrected chi connectivity index (χ3v) is 2.54. The third kappa shape index (κ3) is 10.5. The van der Waals surface area contributed by atoms with Crippen molar-refractivity contribution < 1.29 is 33.2 Å². The lowest BCUT2D eigenvalue weighted by atomic mass is 10.6. The second kappa shape index (κ2) is 13.7. The van der Waals surface area contributed by atoms with Crippen molar-refractivity contribution in [3.05, 3.63) is 0 Å². The summed E-state index contributed by atoms with van der Waals surface area (Å²) in [6.45, 7) is 5.71. The topological polar surface area (TPSA) is 64.6 Å². The molecule has 0 bridgehead atoms. The fourth-order valence-corrected chi connectivity index (χ4v) is 1.48. The fraction of sp³-hybridized carbons (Fsp3) is 1.00. The van der Waals surface area contributed by atoms with E-state index >= 15 is 0 Å². The Bertz CT molecular complexity index is 185. The molecule has 1 unspecified atom stereocenters. The third-order valence-electron chi connectivity index (χ3n) is 2.54. The summed E-state index contributed by atoms with van der Waals surface area (Å²) in [6.07, 6.45) is -0.378. The number of hydrogen-bond acceptors (Lipinski definition) is 7. The molecular formula is C13H26O7. The minimum atomic E-state index is -0.378. The van der Waals surface area contributed by atoms with Crippen LogP contribution in [0, 0.1) is 0 Å². The van der Waals surface area contributed by atoms with E-state index in [4.69, 9.17) is 33.2 Å². The summed E-state index contributed by atoms with van der Waals surface area (Å²) in [4.78, 5) is 0. The zero-order chi connectivity index (χ0) is 14.3. The molecule has 1 fully saturated rings. The van der Waals surface area contributed by atoms with Crippen molar-refractivity contribution in [2.75, 3.05) is 79.8 Å². The highest BCUT2D eigenvalue weighted by atomic mass is 16.7. The summed E-state index contributed by atoms with van der Waals surface area (Å²) in [6, 6.07) is 0. The quantitative estimate of drug-likeness (QED) is 0.678. The lowest BCUT2D eigenvalue weighted by molar-refractivity contribution is -0.167. The molecule has 1 saturated heterocycles. The van der Waals surface area contributed by atoms with Gasteiger partial charge in [0.2, 0.25) is 0 Å². The Morgan fingerprint density at radius 1 is 0.600 bits per heavy atom. The summed E-state index contributed by atoms with van der Waals surface area (Å²) >= 11 is 0. The lowest BCUT2D eigenvalue weighted by Gasteiger charge is -2.16. The van der Waals surface area contributed by atoms with Crippen molar-refractivity contribution in [1.82, 2.24) is 0 Å². The number of methoxy groups -OCH3 is 1. The molecule has 0 amide bonds. The van der Waals surface area contributed by atoms with Crippen molar-refractivity contribution in [1.29, 1.82) is 0 Å². The Labute approximate surface area is 120 Å². The monoisotopic (exact) mass is 294 g/mol. The molecule has 0 radical (unpaired) electrons. The van der Waals surface area contributed by atoms with Crippen molar-refractivity contribution in [3.8, 4) is 0 Å². The Morgan fingerprint density at radius 2 is 1.00 bits per heavy atom. The zero-order valence-electron chi connectivity index (χ0n) is 12.2. The van der Waals surface area contributed by atoms with Crippen LogP contribution >= 0.6 is 0 Å². The number of hydrogen-bond donors (Lipinski definition) is 0. The van der Waals surface area contributed by atoms with Gasteiger partial charge in [0.25, 0.3) is 0 Å². The summed E-state index contributed by atoms with van der Waals surface area (Å²) < 4.78 is 37.4. The average Bonchev–Trinajstić information content (AvgIpc) is 2.47. The predicted octanol–water partition coefficient (Wildman–Crippen LogP) is 0.0721. The lowest BCUT2D eigenvalue weighted by Crippen LogP contribution is -2.25. The molecule has 0 aromatic heterocycles. The molecule has 7 nitrogen and oxygen atoms in total. The van der Waals surface area contributed by atoms with Crippen LogP contribution in [0.1, 0.15) is 0 Å². The van der Waals surface area contributed by atoms with Gasteiger partial charge in [-0.2, -0.15) is 0 Å². The van der Waals surface area contributed by atoms with Crippen LogP contribution in [0.5, 0.6) is 0 Å². The molecular weight excluding hydrogens is 268 g/mol. The van der Waals surface area contributed by atoms with E-state index in [1.54, 1.807) is 7.11 Å². The SMILES string of the molecule is COC1COCCOCCOCCOCCOCCO1. The van der Waals surface area contributed by atoms with E-state index in [0.717, 1.165) is 0 Å². The molecule has 1 aliphatic rings.